The fraction of sp³-hybridized carbons (Fsp3) is 0.208. The molecule has 4 amide bonds. The second-order valence-corrected chi connectivity index (χ2v) is 8.77. The summed E-state index contributed by atoms with van der Waals surface area (Å²) < 4.78 is 0. The number of carbonyl (C=O) groups is 3. The standard InChI is InChI=1S/C24H22ClN3O3S/c1-2-24(18-6-4-3-5-7-18)22(30)28(23(31)27-24)14-20(29)26-21(17-12-13-32-15-17)16-8-10-19(25)11-9-16/h3-13,15,21H,2,14H2,1H3,(H,26,29)(H,27,31). The Labute approximate surface area is 195 Å². The maximum absolute atomic E-state index is 13.3. The summed E-state index contributed by atoms with van der Waals surface area (Å²) in [5.74, 6) is -0.857. The predicted octanol–water partition coefficient (Wildman–Crippen LogP) is 4.46. The topological polar surface area (TPSA) is 78.5 Å². The molecule has 3 aromatic rings. The maximum atomic E-state index is 13.3. The first-order chi connectivity index (χ1) is 15.4. The minimum atomic E-state index is -1.17. The number of nitrogens with one attached hydrogen (secondary N) is 2. The van der Waals surface area contributed by atoms with Crippen molar-refractivity contribution in [2.45, 2.75) is 24.9 Å². The van der Waals surface area contributed by atoms with Crippen LogP contribution in [0.1, 0.15) is 36.1 Å². The number of benzene rings is 2. The van der Waals surface area contributed by atoms with Crippen molar-refractivity contribution >= 4 is 40.8 Å². The van der Waals surface area contributed by atoms with Crippen molar-refractivity contribution in [3.8, 4) is 0 Å². The van der Waals surface area contributed by atoms with Crippen molar-refractivity contribution < 1.29 is 14.4 Å². The molecule has 0 aliphatic carbocycles. The van der Waals surface area contributed by atoms with E-state index >= 15 is 0 Å². The van der Waals surface area contributed by atoms with Crippen LogP contribution in [-0.2, 0) is 15.1 Å². The number of rotatable bonds is 7. The van der Waals surface area contributed by atoms with Crippen LogP contribution < -0.4 is 10.6 Å². The molecule has 0 saturated carbocycles. The van der Waals surface area contributed by atoms with Crippen LogP contribution in [0.3, 0.4) is 0 Å². The average molecular weight is 468 g/mol. The van der Waals surface area contributed by atoms with Crippen molar-refractivity contribution in [3.63, 3.8) is 0 Å². The normalized spacial score (nSPS) is 19.0. The van der Waals surface area contributed by atoms with E-state index in [9.17, 15) is 14.4 Å². The van der Waals surface area contributed by atoms with Gasteiger partial charge in [0.2, 0.25) is 5.91 Å². The number of amides is 4. The Morgan fingerprint density at radius 1 is 1.09 bits per heavy atom. The van der Waals surface area contributed by atoms with Gasteiger partial charge in [-0.2, -0.15) is 11.3 Å². The zero-order chi connectivity index (χ0) is 22.7. The molecule has 0 spiro atoms. The Morgan fingerprint density at radius 3 is 2.44 bits per heavy atom. The van der Waals surface area contributed by atoms with Crippen LogP contribution in [-0.4, -0.2) is 29.3 Å². The summed E-state index contributed by atoms with van der Waals surface area (Å²) >= 11 is 7.53. The third-order valence-electron chi connectivity index (χ3n) is 5.66. The molecule has 1 aliphatic heterocycles. The molecule has 8 heteroatoms. The minimum Gasteiger partial charge on any atom is -0.344 e. The van der Waals surface area contributed by atoms with Gasteiger partial charge >= 0.3 is 6.03 Å². The third-order valence-corrected chi connectivity index (χ3v) is 6.61. The van der Waals surface area contributed by atoms with Crippen LogP contribution >= 0.6 is 22.9 Å². The second kappa shape index (κ2) is 9.14. The minimum absolute atomic E-state index is 0.368. The molecule has 1 aromatic heterocycles. The summed E-state index contributed by atoms with van der Waals surface area (Å²) in [6, 6.07) is 17.2. The highest BCUT2D eigenvalue weighted by atomic mass is 35.5. The summed E-state index contributed by atoms with van der Waals surface area (Å²) in [5, 5.41) is 10.2. The van der Waals surface area contributed by atoms with Gasteiger partial charge < -0.3 is 10.6 Å². The van der Waals surface area contributed by atoms with Crippen LogP contribution in [0.4, 0.5) is 4.79 Å². The van der Waals surface area contributed by atoms with Crippen molar-refractivity contribution in [3.05, 3.63) is 93.1 Å². The van der Waals surface area contributed by atoms with Crippen molar-refractivity contribution in [2.24, 2.45) is 0 Å². The van der Waals surface area contributed by atoms with Crippen LogP contribution in [0.25, 0.3) is 0 Å². The number of imide groups is 1. The zero-order valence-corrected chi connectivity index (χ0v) is 19.0. The summed E-state index contributed by atoms with van der Waals surface area (Å²) in [4.78, 5) is 39.9. The summed E-state index contributed by atoms with van der Waals surface area (Å²) in [5.41, 5.74) is 1.29. The predicted molar refractivity (Wildman–Crippen MR) is 124 cm³/mol. The SMILES string of the molecule is CCC1(c2ccccc2)NC(=O)N(CC(=O)NC(c2ccc(Cl)cc2)c2ccsc2)C1=O. The Morgan fingerprint density at radius 2 is 1.81 bits per heavy atom. The summed E-state index contributed by atoms with van der Waals surface area (Å²) in [6.45, 7) is 1.47. The fourth-order valence-electron chi connectivity index (χ4n) is 3.94. The quantitative estimate of drug-likeness (QED) is 0.503. The van der Waals surface area contributed by atoms with E-state index in [-0.39, 0.29) is 6.54 Å². The molecule has 2 atom stereocenters. The summed E-state index contributed by atoms with van der Waals surface area (Å²) in [7, 11) is 0. The molecule has 1 saturated heterocycles. The van der Waals surface area contributed by atoms with E-state index in [1.165, 1.54) is 11.3 Å². The van der Waals surface area contributed by atoms with Crippen molar-refractivity contribution in [1.82, 2.24) is 15.5 Å². The van der Waals surface area contributed by atoms with Gasteiger partial charge in [-0.25, -0.2) is 4.79 Å². The average Bonchev–Trinajstić information content (AvgIpc) is 3.42. The lowest BCUT2D eigenvalue weighted by Crippen LogP contribution is -2.45. The molecule has 2 aromatic carbocycles. The van der Waals surface area contributed by atoms with Gasteiger partial charge in [-0.15, -0.1) is 0 Å². The fourth-order valence-corrected chi connectivity index (χ4v) is 4.75. The van der Waals surface area contributed by atoms with Gasteiger partial charge in [-0.1, -0.05) is 61.0 Å². The molecule has 2 N–H and O–H groups in total. The highest BCUT2D eigenvalue weighted by Crippen LogP contribution is 2.32. The molecule has 0 radical (unpaired) electrons. The number of hydrogen-bond acceptors (Lipinski definition) is 4. The maximum Gasteiger partial charge on any atom is 0.325 e. The molecule has 32 heavy (non-hydrogen) atoms. The molecule has 4 rings (SSSR count). The Bertz CT molecular complexity index is 1120. The van der Waals surface area contributed by atoms with Gasteiger partial charge in [0.15, 0.2) is 0 Å². The Kier molecular flexibility index (Phi) is 6.30. The van der Waals surface area contributed by atoms with E-state index in [2.05, 4.69) is 10.6 Å². The molecule has 1 fully saturated rings. The van der Waals surface area contributed by atoms with Crippen molar-refractivity contribution in [1.29, 1.82) is 0 Å². The number of nitrogens with zero attached hydrogens (tertiary/aromatic N) is 1. The number of hydrogen-bond donors (Lipinski definition) is 2. The molecule has 164 valence electrons. The van der Waals surface area contributed by atoms with Gasteiger partial charge in [0.05, 0.1) is 6.04 Å². The van der Waals surface area contributed by atoms with E-state index in [0.29, 0.717) is 17.0 Å². The van der Waals surface area contributed by atoms with Crippen LogP contribution in [0.15, 0.2) is 71.4 Å². The molecule has 2 unspecified atom stereocenters. The van der Waals surface area contributed by atoms with E-state index in [4.69, 9.17) is 11.6 Å². The molecular formula is C24H22ClN3O3S. The number of halogens is 1. The smallest absolute Gasteiger partial charge is 0.325 e. The lowest BCUT2D eigenvalue weighted by molar-refractivity contribution is -0.135. The highest BCUT2D eigenvalue weighted by molar-refractivity contribution is 7.08. The van der Waals surface area contributed by atoms with E-state index in [0.717, 1.165) is 16.0 Å². The Hall–Kier alpha value is -3.16. The lowest BCUT2D eigenvalue weighted by atomic mass is 9.87. The van der Waals surface area contributed by atoms with Gasteiger partial charge in [0.1, 0.15) is 12.1 Å². The first-order valence-electron chi connectivity index (χ1n) is 10.2. The van der Waals surface area contributed by atoms with E-state index < -0.39 is 29.4 Å². The second-order valence-electron chi connectivity index (χ2n) is 7.56. The van der Waals surface area contributed by atoms with Gasteiger partial charge in [0, 0.05) is 5.02 Å². The number of thiophene rings is 1. The van der Waals surface area contributed by atoms with Gasteiger partial charge in [-0.3, -0.25) is 14.5 Å². The zero-order valence-electron chi connectivity index (χ0n) is 17.4. The lowest BCUT2D eigenvalue weighted by Gasteiger charge is -2.26. The van der Waals surface area contributed by atoms with E-state index in [1.54, 1.807) is 24.3 Å². The monoisotopic (exact) mass is 467 g/mol. The third kappa shape index (κ3) is 4.13. The Balaban J connectivity index is 1.54. The molecular weight excluding hydrogens is 446 g/mol. The molecule has 6 nitrogen and oxygen atoms in total. The first-order valence-corrected chi connectivity index (χ1v) is 11.5. The van der Waals surface area contributed by atoms with Gasteiger partial charge in [0.25, 0.3) is 5.91 Å². The van der Waals surface area contributed by atoms with Crippen LogP contribution in [0.2, 0.25) is 5.02 Å². The first kappa shape index (κ1) is 22.0. The van der Waals surface area contributed by atoms with Gasteiger partial charge in [-0.05, 0) is 52.1 Å². The molecule has 1 aliphatic rings. The number of urea groups is 1. The largest absolute Gasteiger partial charge is 0.344 e. The van der Waals surface area contributed by atoms with E-state index in [1.807, 2.05) is 54.1 Å². The summed E-state index contributed by atoms with van der Waals surface area (Å²) in [6.07, 6.45) is 0.377. The highest BCUT2D eigenvalue weighted by Gasteiger charge is 2.51. The molecule has 2 heterocycles. The number of carbonyl (C=O) groups excluding carboxylic acids is 3. The van der Waals surface area contributed by atoms with Crippen LogP contribution in [0.5, 0.6) is 0 Å². The molecule has 0 bridgehead atoms. The van der Waals surface area contributed by atoms with Crippen molar-refractivity contribution in [2.75, 3.05) is 6.54 Å². The van der Waals surface area contributed by atoms with Crippen LogP contribution in [0, 0.1) is 0 Å².